The van der Waals surface area contributed by atoms with Crippen molar-refractivity contribution in [3.8, 4) is 21.8 Å². The van der Waals surface area contributed by atoms with Crippen LogP contribution in [0.15, 0.2) is 75.1 Å². The number of carbonyl (C=O) groups is 2. The standard InChI is InChI=1S/C26H25N3O6S2/c1-14-21(25(30)34-3)23(22(15(2)28-14)26(31)35-4)16-9-5-6-10-17(16)24-29-19(13-36-24)18-11-7-8-12-20(18)37(27,32)33/h5-13,21,23H,1-4H3,(H2,27,32,33). The van der Waals surface area contributed by atoms with E-state index in [1.165, 1.54) is 31.6 Å². The lowest BCUT2D eigenvalue weighted by molar-refractivity contribution is -0.143. The van der Waals surface area contributed by atoms with Crippen molar-refractivity contribution in [3.05, 3.63) is 70.7 Å². The van der Waals surface area contributed by atoms with E-state index in [1.54, 1.807) is 37.4 Å². The molecular weight excluding hydrogens is 514 g/mol. The summed E-state index contributed by atoms with van der Waals surface area (Å²) in [7, 11) is -1.40. The molecule has 2 aromatic carbocycles. The van der Waals surface area contributed by atoms with Crippen LogP contribution >= 0.6 is 11.3 Å². The van der Waals surface area contributed by atoms with Gasteiger partial charge in [0.1, 0.15) is 10.9 Å². The van der Waals surface area contributed by atoms with Crippen LogP contribution in [0.5, 0.6) is 0 Å². The van der Waals surface area contributed by atoms with Gasteiger partial charge in [0.05, 0.1) is 30.4 Å². The van der Waals surface area contributed by atoms with Gasteiger partial charge in [-0.25, -0.2) is 23.3 Å². The second-order valence-electron chi connectivity index (χ2n) is 8.39. The summed E-state index contributed by atoms with van der Waals surface area (Å²) in [5.41, 5.74) is 3.37. The number of thiazole rings is 1. The first-order chi connectivity index (χ1) is 17.6. The summed E-state index contributed by atoms with van der Waals surface area (Å²) >= 11 is 1.30. The second-order valence-corrected chi connectivity index (χ2v) is 10.8. The lowest BCUT2D eigenvalue weighted by atomic mass is 9.74. The Morgan fingerprint density at radius 1 is 0.973 bits per heavy atom. The maximum atomic E-state index is 12.9. The Morgan fingerprint density at radius 3 is 2.27 bits per heavy atom. The van der Waals surface area contributed by atoms with Crippen LogP contribution in [-0.4, -0.2) is 45.3 Å². The topological polar surface area (TPSA) is 138 Å². The third-order valence-electron chi connectivity index (χ3n) is 6.19. The maximum absolute atomic E-state index is 12.9. The molecule has 1 aliphatic heterocycles. The molecule has 0 aliphatic carbocycles. The van der Waals surface area contributed by atoms with Crippen molar-refractivity contribution in [1.82, 2.24) is 4.98 Å². The van der Waals surface area contributed by atoms with Gasteiger partial charge in [0.2, 0.25) is 10.0 Å². The Kier molecular flexibility index (Phi) is 7.39. The normalized spacial score (nSPS) is 17.8. The molecule has 9 nitrogen and oxygen atoms in total. The third kappa shape index (κ3) is 4.97. The smallest absolute Gasteiger partial charge is 0.336 e. The van der Waals surface area contributed by atoms with E-state index in [4.69, 9.17) is 19.6 Å². The van der Waals surface area contributed by atoms with Crippen LogP contribution in [0.3, 0.4) is 0 Å². The van der Waals surface area contributed by atoms with Gasteiger partial charge in [-0.1, -0.05) is 42.5 Å². The number of ether oxygens (including phenoxy) is 2. The number of rotatable bonds is 6. The van der Waals surface area contributed by atoms with E-state index in [0.29, 0.717) is 38.8 Å². The van der Waals surface area contributed by atoms with E-state index in [0.717, 1.165) is 0 Å². The molecular formula is C26H25N3O6S2. The second kappa shape index (κ2) is 10.4. The van der Waals surface area contributed by atoms with Crippen molar-refractivity contribution in [2.75, 3.05) is 14.2 Å². The fourth-order valence-corrected chi connectivity index (χ4v) is 6.21. The van der Waals surface area contributed by atoms with Gasteiger partial charge >= 0.3 is 11.9 Å². The van der Waals surface area contributed by atoms with Crippen molar-refractivity contribution in [2.24, 2.45) is 16.0 Å². The minimum Gasteiger partial charge on any atom is -0.468 e. The molecule has 4 rings (SSSR count). The number of allylic oxidation sites excluding steroid dienone is 1. The van der Waals surface area contributed by atoms with E-state index in [9.17, 15) is 18.0 Å². The van der Waals surface area contributed by atoms with E-state index >= 15 is 0 Å². The first-order valence-corrected chi connectivity index (χ1v) is 13.6. The number of nitrogens with zero attached hydrogens (tertiary/aromatic N) is 2. The van der Waals surface area contributed by atoms with E-state index in [1.807, 2.05) is 24.3 Å². The molecule has 0 saturated heterocycles. The van der Waals surface area contributed by atoms with Crippen molar-refractivity contribution in [1.29, 1.82) is 0 Å². The summed E-state index contributed by atoms with van der Waals surface area (Å²) in [6, 6.07) is 13.7. The lowest BCUT2D eigenvalue weighted by Gasteiger charge is -2.32. The van der Waals surface area contributed by atoms with Crippen LogP contribution < -0.4 is 5.14 Å². The van der Waals surface area contributed by atoms with Gasteiger partial charge < -0.3 is 9.47 Å². The molecule has 3 aromatic rings. The molecule has 2 atom stereocenters. The first-order valence-electron chi connectivity index (χ1n) is 11.2. The number of aromatic nitrogens is 1. The molecule has 0 amide bonds. The van der Waals surface area contributed by atoms with Gasteiger partial charge in [0.25, 0.3) is 0 Å². The molecule has 0 fully saturated rings. The molecule has 1 aromatic heterocycles. The number of sulfonamides is 1. The number of carbonyl (C=O) groups excluding carboxylic acids is 2. The summed E-state index contributed by atoms with van der Waals surface area (Å²) in [6.07, 6.45) is 0. The average Bonchev–Trinajstić information content (AvgIpc) is 3.37. The third-order valence-corrected chi connectivity index (χ3v) is 8.03. The first kappa shape index (κ1) is 26.4. The fraction of sp³-hybridized carbons (Fsp3) is 0.231. The van der Waals surface area contributed by atoms with E-state index in [-0.39, 0.29) is 10.5 Å². The van der Waals surface area contributed by atoms with Gasteiger partial charge in [0.15, 0.2) is 0 Å². The highest BCUT2D eigenvalue weighted by Crippen LogP contribution is 2.44. The van der Waals surface area contributed by atoms with Crippen LogP contribution in [0.1, 0.15) is 25.3 Å². The SMILES string of the molecule is COC(=O)C1=C(C)N=C(C)C(C(=O)OC)C1c1ccccc1-c1nc(-c2ccccc2S(N)(=O)=O)cs1. The van der Waals surface area contributed by atoms with Crippen molar-refractivity contribution in [2.45, 2.75) is 24.7 Å². The van der Waals surface area contributed by atoms with Gasteiger partial charge in [-0.3, -0.25) is 9.79 Å². The van der Waals surface area contributed by atoms with Crippen LogP contribution in [0.25, 0.3) is 21.8 Å². The predicted octanol–water partition coefficient (Wildman–Crippen LogP) is 3.92. The number of hydrogen-bond acceptors (Lipinski definition) is 9. The zero-order valence-corrected chi connectivity index (χ0v) is 22.2. The maximum Gasteiger partial charge on any atom is 0.336 e. The Bertz CT molecular complexity index is 1560. The average molecular weight is 540 g/mol. The molecule has 0 radical (unpaired) electrons. The number of methoxy groups -OCH3 is 2. The van der Waals surface area contributed by atoms with Crippen LogP contribution in [0.2, 0.25) is 0 Å². The van der Waals surface area contributed by atoms with Crippen LogP contribution in [0, 0.1) is 5.92 Å². The minimum absolute atomic E-state index is 0.0310. The summed E-state index contributed by atoms with van der Waals surface area (Å²) < 4.78 is 34.4. The van der Waals surface area contributed by atoms with Crippen LogP contribution in [-0.2, 0) is 29.1 Å². The number of esters is 2. The van der Waals surface area contributed by atoms with Gasteiger partial charge in [-0.05, 0) is 25.5 Å². The Hall–Kier alpha value is -3.67. The molecule has 1 aliphatic rings. The molecule has 37 heavy (non-hydrogen) atoms. The largest absolute Gasteiger partial charge is 0.468 e. The van der Waals surface area contributed by atoms with Crippen molar-refractivity contribution < 1.29 is 27.5 Å². The van der Waals surface area contributed by atoms with Crippen molar-refractivity contribution in [3.63, 3.8) is 0 Å². The highest BCUT2D eigenvalue weighted by atomic mass is 32.2. The van der Waals surface area contributed by atoms with Gasteiger partial charge in [-0.2, -0.15) is 0 Å². The minimum atomic E-state index is -3.97. The molecule has 0 bridgehead atoms. The Morgan fingerprint density at radius 2 is 1.62 bits per heavy atom. The summed E-state index contributed by atoms with van der Waals surface area (Å²) in [5.74, 6) is -2.72. The highest BCUT2D eigenvalue weighted by molar-refractivity contribution is 7.89. The van der Waals surface area contributed by atoms with Crippen molar-refractivity contribution >= 4 is 39.0 Å². The summed E-state index contributed by atoms with van der Waals surface area (Å²) in [5, 5.41) is 7.73. The fourth-order valence-electron chi connectivity index (χ4n) is 4.59. The van der Waals surface area contributed by atoms with E-state index in [2.05, 4.69) is 4.99 Å². The number of benzene rings is 2. The summed E-state index contributed by atoms with van der Waals surface area (Å²) in [4.78, 5) is 35.0. The molecule has 2 heterocycles. The molecule has 11 heteroatoms. The summed E-state index contributed by atoms with van der Waals surface area (Å²) in [6.45, 7) is 3.42. The quantitative estimate of drug-likeness (QED) is 0.469. The zero-order valence-electron chi connectivity index (χ0n) is 20.6. The Balaban J connectivity index is 1.91. The molecule has 2 N–H and O–H groups in total. The highest BCUT2D eigenvalue weighted by Gasteiger charge is 2.43. The molecule has 2 unspecified atom stereocenters. The Labute approximate surface area is 218 Å². The molecule has 0 spiro atoms. The number of nitrogens with two attached hydrogens (primary N) is 1. The molecule has 192 valence electrons. The van der Waals surface area contributed by atoms with Gasteiger partial charge in [-0.15, -0.1) is 11.3 Å². The van der Waals surface area contributed by atoms with Gasteiger partial charge in [0, 0.05) is 33.8 Å². The monoisotopic (exact) mass is 539 g/mol. The van der Waals surface area contributed by atoms with Crippen LogP contribution in [0.4, 0.5) is 0 Å². The zero-order chi connectivity index (χ0) is 26.9. The predicted molar refractivity (Wildman–Crippen MR) is 140 cm³/mol. The lowest BCUT2D eigenvalue weighted by Crippen LogP contribution is -2.36. The van der Waals surface area contributed by atoms with E-state index < -0.39 is 33.8 Å². The number of primary sulfonamides is 1. The molecule has 0 saturated carbocycles. The number of aliphatic imine (C=N–C) groups is 1. The number of hydrogen-bond donors (Lipinski definition) is 1.